The van der Waals surface area contributed by atoms with Crippen LogP contribution in [-0.4, -0.2) is 32.1 Å². The van der Waals surface area contributed by atoms with E-state index in [9.17, 15) is 14.4 Å². The maximum atomic E-state index is 12.1. The topological polar surface area (TPSA) is 78.9 Å². The van der Waals surface area contributed by atoms with Crippen LogP contribution in [0.1, 0.15) is 26.3 Å². The van der Waals surface area contributed by atoms with Gasteiger partial charge in [-0.2, -0.15) is 0 Å². The number of rotatable bonds is 5. The average Bonchev–Trinajstić information content (AvgIpc) is 2.61. The van der Waals surface area contributed by atoms with Crippen LogP contribution in [0.5, 0.6) is 5.75 Å². The third-order valence-corrected chi connectivity index (χ3v) is 3.49. The van der Waals surface area contributed by atoms with Crippen LogP contribution in [0.3, 0.4) is 0 Å². The molecule has 2 aromatic carbocycles. The van der Waals surface area contributed by atoms with Crippen molar-refractivity contribution in [3.05, 3.63) is 64.2 Å². The minimum absolute atomic E-state index is 0.00712. The SMILES string of the molecule is COC(=O)c1cc(OC(=O)Cc2ccc(Cl)cc2)cc(C(=O)OC)c1. The third-order valence-electron chi connectivity index (χ3n) is 3.24. The smallest absolute Gasteiger partial charge is 0.338 e. The van der Waals surface area contributed by atoms with Crippen molar-refractivity contribution in [2.75, 3.05) is 14.2 Å². The largest absolute Gasteiger partial charge is 0.465 e. The van der Waals surface area contributed by atoms with Gasteiger partial charge in [0, 0.05) is 5.02 Å². The molecule has 0 amide bonds. The van der Waals surface area contributed by atoms with Crippen molar-refractivity contribution in [2.45, 2.75) is 6.42 Å². The summed E-state index contributed by atoms with van der Waals surface area (Å²) in [4.78, 5) is 35.5. The van der Waals surface area contributed by atoms with Crippen LogP contribution in [0.15, 0.2) is 42.5 Å². The summed E-state index contributed by atoms with van der Waals surface area (Å²) >= 11 is 5.80. The van der Waals surface area contributed by atoms with Crippen molar-refractivity contribution in [1.82, 2.24) is 0 Å². The first kappa shape index (κ1) is 18.5. The highest BCUT2D eigenvalue weighted by Gasteiger charge is 2.16. The Morgan fingerprint density at radius 3 is 1.88 bits per heavy atom. The predicted octanol–water partition coefficient (Wildman–Crippen LogP) is 3.06. The second-order valence-electron chi connectivity index (χ2n) is 5.01. The molecule has 0 heterocycles. The molecule has 130 valence electrons. The number of benzene rings is 2. The molecule has 0 aliphatic carbocycles. The van der Waals surface area contributed by atoms with E-state index in [0.717, 1.165) is 0 Å². The van der Waals surface area contributed by atoms with E-state index in [0.29, 0.717) is 10.6 Å². The molecule has 7 heteroatoms. The summed E-state index contributed by atoms with van der Waals surface area (Å²) in [5, 5.41) is 0.561. The standard InChI is InChI=1S/C18H15ClO6/c1-23-17(21)12-8-13(18(22)24-2)10-15(9-12)25-16(20)7-11-3-5-14(19)6-4-11/h3-6,8-10H,7H2,1-2H3. The molecule has 25 heavy (non-hydrogen) atoms. The van der Waals surface area contributed by atoms with E-state index in [1.54, 1.807) is 24.3 Å². The summed E-state index contributed by atoms with van der Waals surface area (Å²) in [5.74, 6) is -1.84. The Balaban J connectivity index is 2.21. The van der Waals surface area contributed by atoms with Gasteiger partial charge >= 0.3 is 17.9 Å². The Labute approximate surface area is 149 Å². The lowest BCUT2D eigenvalue weighted by Gasteiger charge is -2.09. The first-order valence-electron chi connectivity index (χ1n) is 7.19. The predicted molar refractivity (Wildman–Crippen MR) is 89.9 cm³/mol. The van der Waals surface area contributed by atoms with Gasteiger partial charge < -0.3 is 14.2 Å². The molecule has 2 aromatic rings. The Hall–Kier alpha value is -2.86. The molecule has 0 aliphatic heterocycles. The molecule has 0 spiro atoms. The zero-order valence-electron chi connectivity index (χ0n) is 13.6. The van der Waals surface area contributed by atoms with E-state index in [2.05, 4.69) is 9.47 Å². The fraction of sp³-hybridized carbons (Fsp3) is 0.167. The maximum absolute atomic E-state index is 12.1. The van der Waals surface area contributed by atoms with E-state index in [4.69, 9.17) is 16.3 Å². The number of carbonyl (C=O) groups excluding carboxylic acids is 3. The molecular weight excluding hydrogens is 348 g/mol. The summed E-state index contributed by atoms with van der Waals surface area (Å²) in [6, 6.07) is 10.7. The Bertz CT molecular complexity index is 763. The van der Waals surface area contributed by atoms with Crippen molar-refractivity contribution < 1.29 is 28.6 Å². The minimum atomic E-state index is -0.666. The van der Waals surface area contributed by atoms with Crippen molar-refractivity contribution in [3.8, 4) is 5.75 Å². The highest BCUT2D eigenvalue weighted by molar-refractivity contribution is 6.30. The number of ether oxygens (including phenoxy) is 3. The number of halogens is 1. The zero-order chi connectivity index (χ0) is 18.4. The molecule has 6 nitrogen and oxygen atoms in total. The van der Waals surface area contributed by atoms with Gasteiger partial charge in [0.2, 0.25) is 0 Å². The molecule has 2 rings (SSSR count). The highest BCUT2D eigenvalue weighted by Crippen LogP contribution is 2.20. The lowest BCUT2D eigenvalue weighted by Crippen LogP contribution is -2.13. The van der Waals surface area contributed by atoms with Gasteiger partial charge in [0.25, 0.3) is 0 Å². The van der Waals surface area contributed by atoms with Crippen molar-refractivity contribution in [1.29, 1.82) is 0 Å². The van der Waals surface area contributed by atoms with E-state index in [1.807, 2.05) is 0 Å². The van der Waals surface area contributed by atoms with Crippen LogP contribution in [0.4, 0.5) is 0 Å². The van der Waals surface area contributed by atoms with Crippen molar-refractivity contribution >= 4 is 29.5 Å². The van der Waals surface area contributed by atoms with Gasteiger partial charge in [0.15, 0.2) is 0 Å². The van der Waals surface area contributed by atoms with Crippen molar-refractivity contribution in [3.63, 3.8) is 0 Å². The van der Waals surface area contributed by atoms with Crippen LogP contribution in [0, 0.1) is 0 Å². The molecular formula is C18H15ClO6. The molecule has 0 saturated carbocycles. The molecule has 0 aromatic heterocycles. The van der Waals surface area contributed by atoms with Crippen LogP contribution < -0.4 is 4.74 Å². The number of methoxy groups -OCH3 is 2. The fourth-order valence-electron chi connectivity index (χ4n) is 2.07. The molecule has 0 fully saturated rings. The highest BCUT2D eigenvalue weighted by atomic mass is 35.5. The molecule has 0 N–H and O–H groups in total. The molecule has 0 unspecified atom stereocenters. The Morgan fingerprint density at radius 1 is 0.880 bits per heavy atom. The summed E-state index contributed by atoms with van der Waals surface area (Å²) in [6.07, 6.45) is 0.00712. The third kappa shape index (κ3) is 5.06. The van der Waals surface area contributed by atoms with Crippen LogP contribution in [-0.2, 0) is 20.7 Å². The van der Waals surface area contributed by atoms with E-state index in [-0.39, 0.29) is 23.3 Å². The molecule has 0 radical (unpaired) electrons. The second-order valence-corrected chi connectivity index (χ2v) is 5.44. The normalized spacial score (nSPS) is 10.0. The monoisotopic (exact) mass is 362 g/mol. The fourth-order valence-corrected chi connectivity index (χ4v) is 2.19. The quantitative estimate of drug-likeness (QED) is 0.601. The van der Waals surface area contributed by atoms with Gasteiger partial charge in [-0.15, -0.1) is 0 Å². The summed E-state index contributed by atoms with van der Waals surface area (Å²) in [7, 11) is 2.42. The molecule has 0 atom stereocenters. The summed E-state index contributed by atoms with van der Waals surface area (Å²) < 4.78 is 14.5. The number of hydrogen-bond donors (Lipinski definition) is 0. The second kappa shape index (κ2) is 8.30. The molecule has 0 saturated heterocycles. The van der Waals surface area contributed by atoms with Crippen LogP contribution >= 0.6 is 11.6 Å². The van der Waals surface area contributed by atoms with Gasteiger partial charge in [-0.25, -0.2) is 9.59 Å². The van der Waals surface area contributed by atoms with Gasteiger partial charge in [-0.3, -0.25) is 4.79 Å². The first-order chi connectivity index (χ1) is 11.9. The number of hydrogen-bond acceptors (Lipinski definition) is 6. The maximum Gasteiger partial charge on any atom is 0.338 e. The van der Waals surface area contributed by atoms with E-state index >= 15 is 0 Å². The molecule has 0 bridgehead atoms. The van der Waals surface area contributed by atoms with Gasteiger partial charge in [0.1, 0.15) is 5.75 Å². The van der Waals surface area contributed by atoms with Gasteiger partial charge in [-0.1, -0.05) is 23.7 Å². The minimum Gasteiger partial charge on any atom is -0.465 e. The van der Waals surface area contributed by atoms with Gasteiger partial charge in [0.05, 0.1) is 31.8 Å². The average molecular weight is 363 g/mol. The number of esters is 3. The Kier molecular flexibility index (Phi) is 6.14. The Morgan fingerprint density at radius 2 is 1.40 bits per heavy atom. The van der Waals surface area contributed by atoms with Crippen molar-refractivity contribution in [2.24, 2.45) is 0 Å². The zero-order valence-corrected chi connectivity index (χ0v) is 14.3. The summed E-state index contributed by atoms with van der Waals surface area (Å²) in [5.41, 5.74) is 0.853. The van der Waals surface area contributed by atoms with E-state index < -0.39 is 17.9 Å². The van der Waals surface area contributed by atoms with Gasteiger partial charge in [-0.05, 0) is 35.9 Å². The first-order valence-corrected chi connectivity index (χ1v) is 7.57. The lowest BCUT2D eigenvalue weighted by atomic mass is 10.1. The number of carbonyl (C=O) groups is 3. The van der Waals surface area contributed by atoms with Crippen LogP contribution in [0.2, 0.25) is 5.02 Å². The van der Waals surface area contributed by atoms with E-state index in [1.165, 1.54) is 32.4 Å². The summed E-state index contributed by atoms with van der Waals surface area (Å²) in [6.45, 7) is 0. The lowest BCUT2D eigenvalue weighted by molar-refractivity contribution is -0.133. The molecule has 0 aliphatic rings. The van der Waals surface area contributed by atoms with Crippen LogP contribution in [0.25, 0.3) is 0 Å².